The summed E-state index contributed by atoms with van der Waals surface area (Å²) < 4.78 is 0. The predicted octanol–water partition coefficient (Wildman–Crippen LogP) is 9.48. The monoisotopic (exact) mass is 557 g/mol. The molecule has 3 rings (SSSR count). The second-order valence-electron chi connectivity index (χ2n) is 15.5. The minimum atomic E-state index is -2.05. The van der Waals surface area contributed by atoms with Gasteiger partial charge in [-0.25, -0.2) is 0 Å². The van der Waals surface area contributed by atoms with Gasteiger partial charge in [0.1, 0.15) is 17.2 Å². The van der Waals surface area contributed by atoms with Crippen LogP contribution in [0.2, 0.25) is 18.1 Å². The maximum Gasteiger partial charge on any atom is 0.145 e. The minimum Gasteiger partial charge on any atom is -0.507 e. The Hall–Kier alpha value is -2.85. The summed E-state index contributed by atoms with van der Waals surface area (Å²) in [5, 5.41) is 24.4. The molecular formula is C36H51NO2Si. The molecule has 0 radical (unpaired) electrons. The highest BCUT2D eigenvalue weighted by Crippen LogP contribution is 2.45. The molecule has 0 saturated heterocycles. The van der Waals surface area contributed by atoms with Crippen molar-refractivity contribution in [1.82, 2.24) is 0 Å². The van der Waals surface area contributed by atoms with Crippen LogP contribution in [0.1, 0.15) is 104 Å². The Morgan fingerprint density at radius 2 is 1.18 bits per heavy atom. The molecule has 3 aromatic rings. The lowest BCUT2D eigenvalue weighted by atomic mass is 9.75. The van der Waals surface area contributed by atoms with Crippen molar-refractivity contribution in [2.24, 2.45) is 4.99 Å². The molecule has 0 atom stereocenters. The van der Waals surface area contributed by atoms with Gasteiger partial charge in [-0.05, 0) is 49.9 Å². The average molecular weight is 558 g/mol. The van der Waals surface area contributed by atoms with Crippen molar-refractivity contribution in [3.63, 3.8) is 0 Å². The summed E-state index contributed by atoms with van der Waals surface area (Å²) in [6.07, 6.45) is 1.74. The Bertz CT molecular complexity index is 1400. The Morgan fingerprint density at radius 1 is 0.650 bits per heavy atom. The molecule has 0 heterocycles. The summed E-state index contributed by atoms with van der Waals surface area (Å²) in [5.74, 6) is 0.480. The first-order chi connectivity index (χ1) is 18.1. The van der Waals surface area contributed by atoms with E-state index >= 15 is 0 Å². The van der Waals surface area contributed by atoms with Gasteiger partial charge < -0.3 is 10.2 Å². The number of hydrogen-bond acceptors (Lipinski definition) is 3. The van der Waals surface area contributed by atoms with Crippen molar-refractivity contribution in [3.05, 3.63) is 82.4 Å². The van der Waals surface area contributed by atoms with E-state index in [1.165, 1.54) is 5.56 Å². The maximum absolute atomic E-state index is 11.6. The molecule has 4 heteroatoms. The number of aliphatic imine (C=N–C) groups is 1. The zero-order valence-electron chi connectivity index (χ0n) is 27.1. The first-order valence-corrected chi connectivity index (χ1v) is 17.4. The van der Waals surface area contributed by atoms with E-state index < -0.39 is 13.5 Å². The van der Waals surface area contributed by atoms with Gasteiger partial charge in [-0.2, -0.15) is 0 Å². The van der Waals surface area contributed by atoms with E-state index in [1.54, 1.807) is 6.21 Å². The maximum atomic E-state index is 11.6. The number of rotatable bonds is 5. The number of benzene rings is 3. The second kappa shape index (κ2) is 10.5. The van der Waals surface area contributed by atoms with Gasteiger partial charge >= 0.3 is 0 Å². The van der Waals surface area contributed by atoms with Crippen LogP contribution in [0.4, 0.5) is 5.69 Å². The minimum absolute atomic E-state index is 0.0621. The van der Waals surface area contributed by atoms with Crippen molar-refractivity contribution < 1.29 is 10.2 Å². The molecule has 0 spiro atoms. The first kappa shape index (κ1) is 31.7. The Morgan fingerprint density at radius 3 is 1.68 bits per heavy atom. The normalized spacial score (nSPS) is 13.7. The van der Waals surface area contributed by atoms with Crippen LogP contribution in [0.15, 0.2) is 59.6 Å². The van der Waals surface area contributed by atoms with Gasteiger partial charge in [0.25, 0.3) is 0 Å². The number of aromatic hydroxyl groups is 2. The van der Waals surface area contributed by atoms with Gasteiger partial charge in [-0.1, -0.05) is 132 Å². The van der Waals surface area contributed by atoms with E-state index in [-0.39, 0.29) is 21.6 Å². The molecule has 216 valence electrons. The van der Waals surface area contributed by atoms with Crippen LogP contribution in [0.25, 0.3) is 0 Å². The Kier molecular flexibility index (Phi) is 8.33. The van der Waals surface area contributed by atoms with Crippen LogP contribution in [0.5, 0.6) is 11.5 Å². The van der Waals surface area contributed by atoms with Crippen molar-refractivity contribution in [2.45, 2.75) is 111 Å². The lowest BCUT2D eigenvalue weighted by molar-refractivity contribution is 0.453. The molecule has 40 heavy (non-hydrogen) atoms. The van der Waals surface area contributed by atoms with E-state index in [1.807, 2.05) is 24.3 Å². The van der Waals surface area contributed by atoms with E-state index in [9.17, 15) is 10.2 Å². The van der Waals surface area contributed by atoms with Gasteiger partial charge in [-0.3, -0.25) is 4.99 Å². The summed E-state index contributed by atoms with van der Waals surface area (Å²) in [4.78, 5) is 4.87. The van der Waals surface area contributed by atoms with Crippen LogP contribution in [0, 0.1) is 0 Å². The summed E-state index contributed by atoms with van der Waals surface area (Å²) in [7, 11) is -2.05. The highest BCUT2D eigenvalue weighted by atomic mass is 28.3. The van der Waals surface area contributed by atoms with Gasteiger partial charge in [0.2, 0.25) is 0 Å². The Balaban J connectivity index is 2.28. The summed E-state index contributed by atoms with van der Waals surface area (Å²) in [6, 6.07) is 18.6. The van der Waals surface area contributed by atoms with Crippen molar-refractivity contribution in [3.8, 4) is 11.5 Å². The molecule has 0 aromatic heterocycles. The van der Waals surface area contributed by atoms with Gasteiger partial charge in [0, 0.05) is 22.8 Å². The summed E-state index contributed by atoms with van der Waals surface area (Å²) in [5.41, 5.74) is 4.79. The molecule has 0 aliphatic carbocycles. The predicted molar refractivity (Wildman–Crippen MR) is 176 cm³/mol. The molecule has 0 saturated carbocycles. The smallest absolute Gasteiger partial charge is 0.145 e. The number of phenolic OH excluding ortho intramolecular Hbond substituents is 2. The molecule has 0 aliphatic heterocycles. The molecule has 2 N–H and O–H groups in total. The van der Waals surface area contributed by atoms with Crippen LogP contribution < -0.4 is 5.19 Å². The first-order valence-electron chi connectivity index (χ1n) is 14.4. The molecular weight excluding hydrogens is 506 g/mol. The van der Waals surface area contributed by atoms with Crippen LogP contribution in [-0.4, -0.2) is 24.5 Å². The second-order valence-corrected chi connectivity index (χ2v) is 20.8. The molecule has 0 fully saturated rings. The zero-order valence-corrected chi connectivity index (χ0v) is 28.1. The fourth-order valence-electron chi connectivity index (χ4n) is 4.85. The highest BCUT2D eigenvalue weighted by molar-refractivity contribution is 6.92. The van der Waals surface area contributed by atoms with Crippen LogP contribution in [0.3, 0.4) is 0 Å². The third-order valence-corrected chi connectivity index (χ3v) is 14.5. The van der Waals surface area contributed by atoms with Gasteiger partial charge in [0.15, 0.2) is 0 Å². The largest absolute Gasteiger partial charge is 0.507 e. The van der Waals surface area contributed by atoms with Gasteiger partial charge in [0.05, 0.1) is 8.07 Å². The van der Waals surface area contributed by atoms with Gasteiger partial charge in [-0.15, -0.1) is 0 Å². The molecule has 0 unspecified atom stereocenters. The average Bonchev–Trinajstić information content (AvgIpc) is 2.82. The van der Waals surface area contributed by atoms with Crippen molar-refractivity contribution >= 4 is 25.2 Å². The lowest BCUT2D eigenvalue weighted by Crippen LogP contribution is -2.50. The molecule has 0 amide bonds. The lowest BCUT2D eigenvalue weighted by Gasteiger charge is -2.38. The molecule has 0 bridgehead atoms. The van der Waals surface area contributed by atoms with E-state index in [0.717, 1.165) is 21.9 Å². The number of hydrogen-bond donors (Lipinski definition) is 2. The third kappa shape index (κ3) is 6.22. The number of phenols is 2. The fourth-order valence-corrected chi connectivity index (χ4v) is 6.91. The highest BCUT2D eigenvalue weighted by Gasteiger charge is 2.40. The summed E-state index contributed by atoms with van der Waals surface area (Å²) in [6.45, 7) is 28.9. The van der Waals surface area contributed by atoms with Crippen molar-refractivity contribution in [1.29, 1.82) is 0 Å². The van der Waals surface area contributed by atoms with E-state index in [0.29, 0.717) is 17.0 Å². The topological polar surface area (TPSA) is 52.8 Å². The van der Waals surface area contributed by atoms with Crippen LogP contribution >= 0.6 is 0 Å². The molecule has 3 nitrogen and oxygen atoms in total. The third-order valence-electron chi connectivity index (χ3n) is 9.02. The SMILES string of the molecule is CC(C)(C)c1cc(N=Cc2cc(C(C)(C)C)cc([Si](C)(C)C(C)(C)C)c2O)c(O)c(C(C)(C)c2ccccc2)c1. The Labute approximate surface area is 244 Å². The fraction of sp³-hybridized carbons (Fsp3) is 0.472. The molecule has 0 aliphatic rings. The van der Waals surface area contributed by atoms with E-state index in [2.05, 4.69) is 120 Å². The van der Waals surface area contributed by atoms with Crippen LogP contribution in [-0.2, 0) is 16.2 Å². The zero-order chi connectivity index (χ0) is 30.5. The standard InChI is InChI=1S/C36H51NO2Si/c1-33(2,3)26-19-24(31(38)30(22-26)40(12,13)35(7,8)9)23-37-29-21-27(34(4,5)6)20-28(32(29)39)36(10,11)25-17-15-14-16-18-25/h14-23,38-39H,1-13H3. The summed E-state index contributed by atoms with van der Waals surface area (Å²) >= 11 is 0. The molecule has 3 aromatic carbocycles. The number of nitrogens with zero attached hydrogens (tertiary/aromatic N) is 1. The quantitative estimate of drug-likeness (QED) is 0.242. The van der Waals surface area contributed by atoms with Crippen molar-refractivity contribution in [2.75, 3.05) is 0 Å². The van der Waals surface area contributed by atoms with E-state index in [4.69, 9.17) is 4.99 Å².